The minimum absolute atomic E-state index is 0.171. The van der Waals surface area contributed by atoms with Gasteiger partial charge in [0.15, 0.2) is 5.65 Å². The van der Waals surface area contributed by atoms with Gasteiger partial charge in [0, 0.05) is 6.54 Å². The van der Waals surface area contributed by atoms with Crippen LogP contribution >= 0.6 is 0 Å². The highest BCUT2D eigenvalue weighted by Gasteiger charge is 2.24. The van der Waals surface area contributed by atoms with Crippen LogP contribution in [0, 0.1) is 0 Å². The van der Waals surface area contributed by atoms with Gasteiger partial charge in [0.2, 0.25) is 0 Å². The molecule has 0 bridgehead atoms. The zero-order chi connectivity index (χ0) is 23.5. The Morgan fingerprint density at radius 2 is 1.68 bits per heavy atom. The van der Waals surface area contributed by atoms with Gasteiger partial charge in [0.1, 0.15) is 22.6 Å². The number of anilines is 1. The normalized spacial score (nSPS) is 11.3. The molecule has 0 radical (unpaired) electrons. The van der Waals surface area contributed by atoms with Crippen LogP contribution in [0.1, 0.15) is 21.5 Å². The number of rotatable bonds is 6. The monoisotopic (exact) mass is 450 g/mol. The van der Waals surface area contributed by atoms with Crippen LogP contribution < -0.4 is 15.8 Å². The van der Waals surface area contributed by atoms with Gasteiger partial charge in [-0.1, -0.05) is 54.6 Å². The Balaban J connectivity index is 1.55. The van der Waals surface area contributed by atoms with E-state index in [-0.39, 0.29) is 17.3 Å². The smallest absolute Gasteiger partial charge is 0.257 e. The summed E-state index contributed by atoms with van der Waals surface area (Å²) in [5.41, 5.74) is 10.7. The highest BCUT2D eigenvalue weighted by atomic mass is 16.5. The van der Waals surface area contributed by atoms with E-state index >= 15 is 0 Å². The number of carbonyl (C=O) groups excluding carboxylic acids is 1. The van der Waals surface area contributed by atoms with E-state index in [0.29, 0.717) is 28.7 Å². The quantitative estimate of drug-likeness (QED) is 0.381. The van der Waals surface area contributed by atoms with E-state index in [1.54, 1.807) is 13.3 Å². The van der Waals surface area contributed by atoms with E-state index < -0.39 is 0 Å². The fraction of sp³-hybridized carbons (Fsp3) is 0.0769. The van der Waals surface area contributed by atoms with Gasteiger partial charge in [-0.3, -0.25) is 4.79 Å². The van der Waals surface area contributed by atoms with Crippen molar-refractivity contribution in [1.29, 1.82) is 0 Å². The van der Waals surface area contributed by atoms with Crippen LogP contribution in [0.2, 0.25) is 0 Å². The van der Waals surface area contributed by atoms with Crippen molar-refractivity contribution in [3.05, 3.63) is 95.6 Å². The molecular weight excluding hydrogens is 428 g/mol. The molecule has 5 aromatic rings. The largest absolute Gasteiger partial charge is 0.497 e. The molecule has 5 rings (SSSR count). The first kappa shape index (κ1) is 21.1. The van der Waals surface area contributed by atoms with E-state index in [9.17, 15) is 4.79 Å². The van der Waals surface area contributed by atoms with Crippen LogP contribution in [0.4, 0.5) is 5.82 Å². The highest BCUT2D eigenvalue weighted by molar-refractivity contribution is 6.10. The number of hydrogen-bond donors (Lipinski definition) is 2. The number of nitrogens with zero attached hydrogens (tertiary/aromatic N) is 4. The molecule has 0 aliphatic rings. The lowest BCUT2D eigenvalue weighted by Crippen LogP contribution is -2.23. The molecule has 0 saturated carbocycles. The third kappa shape index (κ3) is 4.04. The lowest BCUT2D eigenvalue weighted by atomic mass is 10.2. The minimum atomic E-state index is -0.350. The summed E-state index contributed by atoms with van der Waals surface area (Å²) in [5, 5.41) is 7.45. The molecule has 8 nitrogen and oxygen atoms in total. The topological polar surface area (TPSA) is 107 Å². The standard InChI is InChI=1S/C26H22N6O2/c1-34-19-13-11-18(12-14-19)15-28-26(33)22-23-25(31-21-10-6-5-9-20(21)30-23)32(24(22)27)29-16-17-7-3-2-4-8-17/h2-14,16H,15,27H2,1H3,(H,28,33)/b29-16+. The average Bonchev–Trinajstić information content (AvgIpc) is 3.15. The molecule has 0 atom stereocenters. The molecule has 1 amide bonds. The Kier molecular flexibility index (Phi) is 5.61. The third-order valence-corrected chi connectivity index (χ3v) is 5.43. The van der Waals surface area contributed by atoms with Crippen LogP contribution in [0.15, 0.2) is 84.0 Å². The Morgan fingerprint density at radius 1 is 1.00 bits per heavy atom. The number of aromatic nitrogens is 3. The van der Waals surface area contributed by atoms with Crippen molar-refractivity contribution in [3.8, 4) is 5.75 Å². The molecule has 0 unspecified atom stereocenters. The fourth-order valence-electron chi connectivity index (χ4n) is 3.67. The van der Waals surface area contributed by atoms with E-state index in [1.807, 2.05) is 78.9 Å². The van der Waals surface area contributed by atoms with E-state index in [4.69, 9.17) is 20.4 Å². The van der Waals surface area contributed by atoms with Crippen molar-refractivity contribution < 1.29 is 9.53 Å². The molecule has 3 aromatic carbocycles. The van der Waals surface area contributed by atoms with Gasteiger partial charge in [0.25, 0.3) is 5.91 Å². The second-order valence-electron chi connectivity index (χ2n) is 7.64. The number of amides is 1. The lowest BCUT2D eigenvalue weighted by molar-refractivity contribution is 0.0953. The molecule has 0 saturated heterocycles. The number of nitrogens with two attached hydrogens (primary N) is 1. The molecular formula is C26H22N6O2. The van der Waals surface area contributed by atoms with Crippen LogP contribution in [0.5, 0.6) is 5.75 Å². The van der Waals surface area contributed by atoms with Crippen molar-refractivity contribution in [2.75, 3.05) is 12.8 Å². The summed E-state index contributed by atoms with van der Waals surface area (Å²) in [5.74, 6) is 0.571. The number of nitrogens with one attached hydrogen (secondary N) is 1. The summed E-state index contributed by atoms with van der Waals surface area (Å²) < 4.78 is 6.65. The number of carbonyl (C=O) groups is 1. The average molecular weight is 451 g/mol. The number of ether oxygens (including phenoxy) is 1. The van der Waals surface area contributed by atoms with Crippen LogP contribution in [-0.4, -0.2) is 33.9 Å². The maximum atomic E-state index is 13.3. The summed E-state index contributed by atoms with van der Waals surface area (Å²) in [4.78, 5) is 22.7. The maximum Gasteiger partial charge on any atom is 0.257 e. The minimum Gasteiger partial charge on any atom is -0.497 e. The highest BCUT2D eigenvalue weighted by Crippen LogP contribution is 2.28. The number of nitrogen functional groups attached to an aromatic ring is 1. The van der Waals surface area contributed by atoms with Crippen molar-refractivity contribution >= 4 is 40.1 Å². The molecule has 2 heterocycles. The first-order valence-corrected chi connectivity index (χ1v) is 10.7. The summed E-state index contributed by atoms with van der Waals surface area (Å²) >= 11 is 0. The number of fused-ring (bicyclic) bond motifs is 2. The molecule has 0 aliphatic heterocycles. The predicted octanol–water partition coefficient (Wildman–Crippen LogP) is 3.99. The van der Waals surface area contributed by atoms with Crippen LogP contribution in [-0.2, 0) is 6.54 Å². The van der Waals surface area contributed by atoms with Crippen molar-refractivity contribution in [1.82, 2.24) is 20.0 Å². The van der Waals surface area contributed by atoms with E-state index in [0.717, 1.165) is 16.9 Å². The van der Waals surface area contributed by atoms with Crippen molar-refractivity contribution in [2.24, 2.45) is 5.10 Å². The Morgan fingerprint density at radius 3 is 2.38 bits per heavy atom. The molecule has 0 spiro atoms. The second kappa shape index (κ2) is 9.03. The number of benzene rings is 3. The van der Waals surface area contributed by atoms with Gasteiger partial charge >= 0.3 is 0 Å². The maximum absolute atomic E-state index is 13.3. The zero-order valence-electron chi connectivity index (χ0n) is 18.5. The van der Waals surface area contributed by atoms with Crippen LogP contribution in [0.3, 0.4) is 0 Å². The molecule has 34 heavy (non-hydrogen) atoms. The van der Waals surface area contributed by atoms with Gasteiger partial charge in [-0.15, -0.1) is 0 Å². The fourth-order valence-corrected chi connectivity index (χ4v) is 3.67. The SMILES string of the molecule is COc1ccc(CNC(=O)c2c(N)n(/N=C/c3ccccc3)c3nc4ccccc4nc23)cc1. The molecule has 8 heteroatoms. The Hall–Kier alpha value is -4.72. The summed E-state index contributed by atoms with van der Waals surface area (Å²) in [6, 6.07) is 24.6. The van der Waals surface area contributed by atoms with Gasteiger partial charge in [-0.05, 0) is 35.4 Å². The first-order valence-electron chi connectivity index (χ1n) is 10.7. The molecule has 0 fully saturated rings. The van der Waals surface area contributed by atoms with Gasteiger partial charge in [-0.2, -0.15) is 9.78 Å². The van der Waals surface area contributed by atoms with Gasteiger partial charge in [-0.25, -0.2) is 9.97 Å². The first-order chi connectivity index (χ1) is 16.6. The van der Waals surface area contributed by atoms with Crippen molar-refractivity contribution in [3.63, 3.8) is 0 Å². The third-order valence-electron chi connectivity index (χ3n) is 5.43. The molecule has 168 valence electrons. The number of hydrogen-bond acceptors (Lipinski definition) is 6. The van der Waals surface area contributed by atoms with Gasteiger partial charge in [0.05, 0.1) is 24.4 Å². The Bertz CT molecular complexity index is 1510. The molecule has 2 aromatic heterocycles. The summed E-state index contributed by atoms with van der Waals surface area (Å²) in [7, 11) is 1.61. The molecule has 0 aliphatic carbocycles. The summed E-state index contributed by atoms with van der Waals surface area (Å²) in [6.07, 6.45) is 1.67. The number of methoxy groups -OCH3 is 1. The Labute approximate surface area is 195 Å². The van der Waals surface area contributed by atoms with Gasteiger partial charge < -0.3 is 15.8 Å². The lowest BCUT2D eigenvalue weighted by Gasteiger charge is -2.06. The van der Waals surface area contributed by atoms with Crippen LogP contribution in [0.25, 0.3) is 22.2 Å². The second-order valence-corrected chi connectivity index (χ2v) is 7.64. The van der Waals surface area contributed by atoms with Crippen molar-refractivity contribution in [2.45, 2.75) is 6.54 Å². The predicted molar refractivity (Wildman–Crippen MR) is 133 cm³/mol. The van der Waals surface area contributed by atoms with E-state index in [1.165, 1.54) is 4.68 Å². The zero-order valence-corrected chi connectivity index (χ0v) is 18.5. The summed E-state index contributed by atoms with van der Waals surface area (Å²) in [6.45, 7) is 0.323. The molecule has 3 N–H and O–H groups in total. The number of para-hydroxylation sites is 2. The van der Waals surface area contributed by atoms with E-state index in [2.05, 4.69) is 10.4 Å².